The summed E-state index contributed by atoms with van der Waals surface area (Å²) in [4.78, 5) is 34.4. The van der Waals surface area contributed by atoms with Crippen LogP contribution in [0.15, 0.2) is 36.4 Å². The lowest BCUT2D eigenvalue weighted by molar-refractivity contribution is -0.137. The summed E-state index contributed by atoms with van der Waals surface area (Å²) in [6, 6.07) is 5.79. The molecule has 0 saturated carbocycles. The number of hydrogen-bond acceptors (Lipinski definition) is 4. The van der Waals surface area contributed by atoms with Gasteiger partial charge in [-0.3, -0.25) is 14.4 Å². The Kier molecular flexibility index (Phi) is 6.31. The number of carbonyl (C=O) groups is 3. The number of amides is 1. The zero-order valence-electron chi connectivity index (χ0n) is 12.7. The number of ketones is 1. The van der Waals surface area contributed by atoms with Crippen LogP contribution >= 0.6 is 0 Å². The molecule has 0 aliphatic heterocycles. The first-order valence-corrected chi connectivity index (χ1v) is 6.88. The number of nitrogens with one attached hydrogen (secondary N) is 2. The van der Waals surface area contributed by atoms with Gasteiger partial charge in [-0.1, -0.05) is 18.7 Å². The molecule has 6 nitrogen and oxygen atoms in total. The predicted octanol–water partition coefficient (Wildman–Crippen LogP) is 1.84. The van der Waals surface area contributed by atoms with Crippen molar-refractivity contribution in [2.24, 2.45) is 0 Å². The van der Waals surface area contributed by atoms with E-state index in [1.165, 1.54) is 6.92 Å². The zero-order chi connectivity index (χ0) is 16.7. The minimum atomic E-state index is -1.01. The van der Waals surface area contributed by atoms with Crippen LogP contribution in [0.5, 0.6) is 0 Å². The van der Waals surface area contributed by atoms with Crippen LogP contribution in [0.2, 0.25) is 0 Å². The van der Waals surface area contributed by atoms with Crippen molar-refractivity contribution in [1.82, 2.24) is 5.32 Å². The van der Waals surface area contributed by atoms with Gasteiger partial charge >= 0.3 is 5.97 Å². The number of carboxylic acids is 1. The van der Waals surface area contributed by atoms with E-state index in [1.54, 1.807) is 31.2 Å². The molecule has 3 N–H and O–H groups in total. The number of anilines is 1. The Bertz CT molecular complexity index is 596. The van der Waals surface area contributed by atoms with Crippen LogP contribution < -0.4 is 10.6 Å². The molecule has 22 heavy (non-hydrogen) atoms. The molecule has 118 valence electrons. The van der Waals surface area contributed by atoms with Crippen LogP contribution in [0.4, 0.5) is 5.69 Å². The van der Waals surface area contributed by atoms with Crippen molar-refractivity contribution in [2.75, 3.05) is 11.9 Å². The number of rotatable bonds is 8. The zero-order valence-corrected chi connectivity index (χ0v) is 12.7. The van der Waals surface area contributed by atoms with Gasteiger partial charge in [0.05, 0.1) is 5.56 Å². The molecule has 6 heteroatoms. The highest BCUT2D eigenvalue weighted by Crippen LogP contribution is 2.16. The normalized spacial score (nSPS) is 11.4. The fraction of sp³-hybridized carbons (Fsp3) is 0.312. The number of carboxylic acid groups (broad SMARTS) is 1. The molecular formula is C16H20N2O4. The third-order valence-electron chi connectivity index (χ3n) is 3.03. The number of Topliss-reactive ketones (excluding diaryl/α,β-unsaturated/α-hetero) is 1. The first kappa shape index (κ1) is 17.4. The molecule has 1 aromatic carbocycles. The molecule has 1 aromatic rings. The first-order valence-electron chi connectivity index (χ1n) is 6.88. The maximum atomic E-state index is 12.1. The van der Waals surface area contributed by atoms with Gasteiger partial charge in [-0.25, -0.2) is 0 Å². The SMILES string of the molecule is C=C(C)C(=O)CCNC(=O)c1ccccc1N[C@@H](C)C(=O)O. The van der Waals surface area contributed by atoms with E-state index < -0.39 is 12.0 Å². The minimum absolute atomic E-state index is 0.105. The maximum absolute atomic E-state index is 12.1. The van der Waals surface area contributed by atoms with Gasteiger partial charge in [0.25, 0.3) is 5.91 Å². The average Bonchev–Trinajstić information content (AvgIpc) is 2.47. The molecular weight excluding hydrogens is 284 g/mol. The first-order chi connectivity index (χ1) is 10.3. The van der Waals surface area contributed by atoms with Crippen molar-refractivity contribution in [3.05, 3.63) is 42.0 Å². The lowest BCUT2D eigenvalue weighted by Gasteiger charge is -2.14. The summed E-state index contributed by atoms with van der Waals surface area (Å²) >= 11 is 0. The van der Waals surface area contributed by atoms with Gasteiger partial charge in [0, 0.05) is 18.7 Å². The number of allylic oxidation sites excluding steroid dienone is 1. The van der Waals surface area contributed by atoms with E-state index in [9.17, 15) is 14.4 Å². The van der Waals surface area contributed by atoms with Crippen molar-refractivity contribution >= 4 is 23.3 Å². The lowest BCUT2D eigenvalue weighted by Crippen LogP contribution is -2.30. The highest BCUT2D eigenvalue weighted by Gasteiger charge is 2.16. The fourth-order valence-electron chi connectivity index (χ4n) is 1.70. The van der Waals surface area contributed by atoms with Crippen LogP contribution in [0.3, 0.4) is 0 Å². The summed E-state index contributed by atoms with van der Waals surface area (Å²) in [5.41, 5.74) is 1.21. The van der Waals surface area contributed by atoms with E-state index in [0.717, 1.165) is 0 Å². The quantitative estimate of drug-likeness (QED) is 0.637. The highest BCUT2D eigenvalue weighted by molar-refractivity contribution is 6.00. The molecule has 1 atom stereocenters. The fourth-order valence-corrected chi connectivity index (χ4v) is 1.70. The van der Waals surface area contributed by atoms with Crippen molar-refractivity contribution in [3.63, 3.8) is 0 Å². The van der Waals surface area contributed by atoms with Gasteiger partial charge in [-0.05, 0) is 31.6 Å². The van der Waals surface area contributed by atoms with Crippen molar-refractivity contribution < 1.29 is 19.5 Å². The third-order valence-corrected chi connectivity index (χ3v) is 3.03. The number of para-hydroxylation sites is 1. The number of hydrogen-bond donors (Lipinski definition) is 3. The topological polar surface area (TPSA) is 95.5 Å². The van der Waals surface area contributed by atoms with Gasteiger partial charge in [-0.2, -0.15) is 0 Å². The number of carbonyl (C=O) groups excluding carboxylic acids is 2. The Balaban J connectivity index is 2.71. The van der Waals surface area contributed by atoms with Gasteiger partial charge < -0.3 is 15.7 Å². The van der Waals surface area contributed by atoms with Crippen LogP contribution in [-0.4, -0.2) is 35.4 Å². The monoisotopic (exact) mass is 304 g/mol. The summed E-state index contributed by atoms with van der Waals surface area (Å²) in [6.07, 6.45) is 0.183. The highest BCUT2D eigenvalue weighted by atomic mass is 16.4. The molecule has 0 spiro atoms. The predicted molar refractivity (Wildman–Crippen MR) is 83.9 cm³/mol. The largest absolute Gasteiger partial charge is 0.480 e. The summed E-state index contributed by atoms with van der Waals surface area (Å²) in [6.45, 7) is 6.86. The van der Waals surface area contributed by atoms with E-state index >= 15 is 0 Å². The van der Waals surface area contributed by atoms with Crippen LogP contribution in [0.25, 0.3) is 0 Å². The lowest BCUT2D eigenvalue weighted by atomic mass is 10.1. The number of aliphatic carboxylic acids is 1. The van der Waals surface area contributed by atoms with Gasteiger partial charge in [-0.15, -0.1) is 0 Å². The Morgan fingerprint density at radius 2 is 1.91 bits per heavy atom. The number of benzene rings is 1. The summed E-state index contributed by atoms with van der Waals surface area (Å²) in [5.74, 6) is -1.48. The van der Waals surface area contributed by atoms with Gasteiger partial charge in [0.1, 0.15) is 6.04 Å². The van der Waals surface area contributed by atoms with E-state index in [4.69, 9.17) is 5.11 Å². The molecule has 0 radical (unpaired) electrons. The van der Waals surface area contributed by atoms with Crippen LogP contribution in [0.1, 0.15) is 30.6 Å². The van der Waals surface area contributed by atoms with Gasteiger partial charge in [0.2, 0.25) is 0 Å². The standard InChI is InChI=1S/C16H20N2O4/c1-10(2)14(19)8-9-17-15(20)12-6-4-5-7-13(12)18-11(3)16(21)22/h4-7,11,18H,1,8-9H2,2-3H3,(H,17,20)(H,21,22)/t11-/m0/s1. The van der Waals surface area contributed by atoms with E-state index in [-0.39, 0.29) is 24.7 Å². The molecule has 0 saturated heterocycles. The van der Waals surface area contributed by atoms with E-state index in [1.807, 2.05) is 0 Å². The summed E-state index contributed by atoms with van der Waals surface area (Å²) in [7, 11) is 0. The third kappa shape index (κ3) is 5.05. The van der Waals surface area contributed by atoms with E-state index in [2.05, 4.69) is 17.2 Å². The molecule has 0 aliphatic carbocycles. The molecule has 0 aromatic heterocycles. The summed E-state index contributed by atoms with van der Waals surface area (Å²) in [5, 5.41) is 14.3. The Labute approximate surface area is 129 Å². The second-order valence-corrected chi connectivity index (χ2v) is 4.96. The molecule has 0 bridgehead atoms. The Morgan fingerprint density at radius 1 is 1.27 bits per heavy atom. The molecule has 0 fully saturated rings. The maximum Gasteiger partial charge on any atom is 0.325 e. The molecule has 1 amide bonds. The van der Waals surface area contributed by atoms with Crippen LogP contribution in [-0.2, 0) is 9.59 Å². The second kappa shape index (κ2) is 7.97. The van der Waals surface area contributed by atoms with Gasteiger partial charge in [0.15, 0.2) is 5.78 Å². The minimum Gasteiger partial charge on any atom is -0.480 e. The second-order valence-electron chi connectivity index (χ2n) is 4.96. The Morgan fingerprint density at radius 3 is 2.50 bits per heavy atom. The molecule has 0 unspecified atom stereocenters. The van der Waals surface area contributed by atoms with Crippen molar-refractivity contribution in [3.8, 4) is 0 Å². The molecule has 0 aliphatic rings. The Hall–Kier alpha value is -2.63. The molecule has 1 rings (SSSR count). The summed E-state index contributed by atoms with van der Waals surface area (Å²) < 4.78 is 0. The smallest absolute Gasteiger partial charge is 0.325 e. The van der Waals surface area contributed by atoms with Crippen molar-refractivity contribution in [2.45, 2.75) is 26.3 Å². The average molecular weight is 304 g/mol. The van der Waals surface area contributed by atoms with Crippen molar-refractivity contribution in [1.29, 1.82) is 0 Å². The van der Waals surface area contributed by atoms with E-state index in [0.29, 0.717) is 16.8 Å². The molecule has 0 heterocycles. The van der Waals surface area contributed by atoms with Crippen LogP contribution in [0, 0.1) is 0 Å².